The summed E-state index contributed by atoms with van der Waals surface area (Å²) in [6, 6.07) is 5.83. The van der Waals surface area contributed by atoms with E-state index in [-0.39, 0.29) is 70.5 Å². The van der Waals surface area contributed by atoms with Gasteiger partial charge in [-0.1, -0.05) is 17.9 Å². The summed E-state index contributed by atoms with van der Waals surface area (Å²) in [6.07, 6.45) is 8.90. The lowest BCUT2D eigenvalue weighted by molar-refractivity contribution is 0.107. The molecular weight excluding hydrogens is 633 g/mol. The fraction of sp³-hybridized carbons (Fsp3) is 0.432. The van der Waals surface area contributed by atoms with Gasteiger partial charge in [0.05, 0.1) is 16.5 Å². The number of halogens is 3. The van der Waals surface area contributed by atoms with E-state index in [0.717, 1.165) is 32.2 Å². The number of aromatic nitrogens is 3. The van der Waals surface area contributed by atoms with Crippen LogP contribution in [0.5, 0.6) is 11.8 Å². The first kappa shape index (κ1) is 31.6. The van der Waals surface area contributed by atoms with E-state index in [2.05, 4.69) is 37.9 Å². The highest BCUT2D eigenvalue weighted by molar-refractivity contribution is 6.04. The SMILES string of the molecule is C#Cc1c(F)ccc2cc(O)cc(-c3nc(C#CCOC)c4c(N5CC6CCC(C5)N6)nc(OC[C@@]56CCCN5C[C@H](F)C6)nc4c3F)c12. The molecule has 2 aromatic heterocycles. The fourth-order valence-corrected chi connectivity index (χ4v) is 8.26. The van der Waals surface area contributed by atoms with Crippen LogP contribution in [0.1, 0.15) is 43.4 Å². The number of phenolic OH excluding ortho intramolecular Hbond substituents is 1. The van der Waals surface area contributed by atoms with Crippen molar-refractivity contribution in [1.29, 1.82) is 0 Å². The number of piperazine rings is 1. The fourth-order valence-electron chi connectivity index (χ4n) is 8.26. The second-order valence-corrected chi connectivity index (χ2v) is 13.5. The van der Waals surface area contributed by atoms with Crippen LogP contribution in [0.15, 0.2) is 24.3 Å². The smallest absolute Gasteiger partial charge is 0.319 e. The molecule has 0 spiro atoms. The number of nitrogens with one attached hydrogen (secondary N) is 1. The first-order valence-electron chi connectivity index (χ1n) is 16.6. The van der Waals surface area contributed by atoms with E-state index in [0.29, 0.717) is 42.6 Å². The zero-order chi connectivity index (χ0) is 33.9. The van der Waals surface area contributed by atoms with Gasteiger partial charge in [0.15, 0.2) is 5.82 Å². The average Bonchev–Trinajstić information content (AvgIpc) is 3.74. The van der Waals surface area contributed by atoms with Gasteiger partial charge in [-0.05, 0) is 61.7 Å². The normalized spacial score (nSPS) is 24.6. The van der Waals surface area contributed by atoms with Crippen LogP contribution in [0, 0.1) is 35.8 Å². The van der Waals surface area contributed by atoms with E-state index < -0.39 is 23.3 Å². The number of rotatable bonds is 6. The third-order valence-corrected chi connectivity index (χ3v) is 10.4. The molecule has 252 valence electrons. The molecule has 4 aliphatic rings. The maximum absolute atomic E-state index is 17.2. The molecule has 4 atom stereocenters. The van der Waals surface area contributed by atoms with Crippen LogP contribution < -0.4 is 15.0 Å². The number of nitrogens with zero attached hydrogens (tertiary/aromatic N) is 5. The number of benzene rings is 2. The van der Waals surface area contributed by atoms with Gasteiger partial charge in [-0.3, -0.25) is 4.90 Å². The quantitative estimate of drug-likeness (QED) is 0.284. The van der Waals surface area contributed by atoms with Gasteiger partial charge in [-0.15, -0.1) is 6.42 Å². The monoisotopic (exact) mass is 668 g/mol. The molecule has 2 unspecified atom stereocenters. The number of terminal acetylenes is 1. The molecule has 2 N–H and O–H groups in total. The van der Waals surface area contributed by atoms with E-state index >= 15 is 8.78 Å². The number of phenols is 1. The van der Waals surface area contributed by atoms with Crippen molar-refractivity contribution in [2.45, 2.75) is 55.9 Å². The summed E-state index contributed by atoms with van der Waals surface area (Å²) in [5.74, 6) is 7.10. The summed E-state index contributed by atoms with van der Waals surface area (Å²) < 4.78 is 58.3. The first-order chi connectivity index (χ1) is 23.8. The molecule has 4 saturated heterocycles. The van der Waals surface area contributed by atoms with E-state index in [4.69, 9.17) is 25.9 Å². The van der Waals surface area contributed by atoms with Gasteiger partial charge in [0.1, 0.15) is 53.7 Å². The van der Waals surface area contributed by atoms with Crippen LogP contribution in [-0.4, -0.2) is 95.3 Å². The number of aromatic hydroxyl groups is 1. The number of fused-ring (bicyclic) bond motifs is 5. The Morgan fingerprint density at radius 2 is 1.92 bits per heavy atom. The summed E-state index contributed by atoms with van der Waals surface area (Å²) in [5.41, 5.74) is -0.607. The summed E-state index contributed by atoms with van der Waals surface area (Å²) in [6.45, 7) is 2.65. The Balaban J connectivity index is 1.36. The number of pyridine rings is 1. The molecule has 9 nitrogen and oxygen atoms in total. The average molecular weight is 669 g/mol. The van der Waals surface area contributed by atoms with Gasteiger partial charge in [0, 0.05) is 56.2 Å². The van der Waals surface area contributed by atoms with Gasteiger partial charge >= 0.3 is 6.01 Å². The van der Waals surface area contributed by atoms with Gasteiger partial charge in [-0.25, -0.2) is 18.2 Å². The number of ether oxygens (including phenoxy) is 2. The Hall–Kier alpha value is -4.62. The largest absolute Gasteiger partial charge is 0.508 e. The van der Waals surface area contributed by atoms with Crippen molar-refractivity contribution in [1.82, 2.24) is 25.2 Å². The van der Waals surface area contributed by atoms with E-state index in [1.807, 2.05) is 0 Å². The molecule has 2 bridgehead atoms. The van der Waals surface area contributed by atoms with Crippen LogP contribution in [-0.2, 0) is 4.74 Å². The van der Waals surface area contributed by atoms with Crippen LogP contribution >= 0.6 is 0 Å². The first-order valence-corrected chi connectivity index (χ1v) is 16.6. The highest BCUT2D eigenvalue weighted by atomic mass is 19.1. The maximum atomic E-state index is 17.2. The lowest BCUT2D eigenvalue weighted by Gasteiger charge is -2.35. The third-order valence-electron chi connectivity index (χ3n) is 10.4. The van der Waals surface area contributed by atoms with Crippen molar-refractivity contribution in [2.24, 2.45) is 0 Å². The van der Waals surface area contributed by atoms with Crippen molar-refractivity contribution in [3.63, 3.8) is 0 Å². The van der Waals surface area contributed by atoms with Gasteiger partial charge < -0.3 is 24.8 Å². The van der Waals surface area contributed by atoms with E-state index in [1.165, 1.54) is 31.4 Å². The Labute approximate surface area is 281 Å². The van der Waals surface area contributed by atoms with Gasteiger partial charge in [0.2, 0.25) is 0 Å². The zero-order valence-corrected chi connectivity index (χ0v) is 27.0. The van der Waals surface area contributed by atoms with Crippen LogP contribution in [0.4, 0.5) is 19.0 Å². The molecular formula is C37H35F3N6O3. The Morgan fingerprint density at radius 1 is 1.10 bits per heavy atom. The van der Waals surface area contributed by atoms with E-state index in [1.54, 1.807) is 0 Å². The second kappa shape index (κ2) is 12.4. The van der Waals surface area contributed by atoms with Crippen LogP contribution in [0.2, 0.25) is 0 Å². The second-order valence-electron chi connectivity index (χ2n) is 13.5. The highest BCUT2D eigenvalue weighted by Gasteiger charge is 2.49. The molecule has 2 aromatic carbocycles. The molecule has 4 aromatic rings. The minimum atomic E-state index is -0.942. The lowest BCUT2D eigenvalue weighted by atomic mass is 9.95. The molecule has 0 saturated carbocycles. The topological polar surface area (TPSA) is 95.9 Å². The molecule has 4 aliphatic heterocycles. The Kier molecular flexibility index (Phi) is 7.98. The Bertz CT molecular complexity index is 2080. The van der Waals surface area contributed by atoms with Crippen molar-refractivity contribution in [3.05, 3.63) is 47.2 Å². The number of anilines is 1. The number of hydrogen-bond donors (Lipinski definition) is 2. The predicted octanol–water partition coefficient (Wildman–Crippen LogP) is 4.70. The minimum Gasteiger partial charge on any atom is -0.508 e. The Morgan fingerprint density at radius 3 is 2.69 bits per heavy atom. The van der Waals surface area contributed by atoms with Crippen molar-refractivity contribution in [3.8, 4) is 47.2 Å². The molecule has 4 fully saturated rings. The molecule has 0 radical (unpaired) electrons. The lowest BCUT2D eigenvalue weighted by Crippen LogP contribution is -2.51. The third kappa shape index (κ3) is 5.48. The summed E-state index contributed by atoms with van der Waals surface area (Å²) >= 11 is 0. The molecule has 0 aliphatic carbocycles. The van der Waals surface area contributed by atoms with E-state index in [9.17, 15) is 9.50 Å². The standard InChI is InChI=1S/C37H35F3N6O3/c1-3-26-28(39)10-7-21-14-25(47)15-27(30(21)26)33-32(40)34-31(29(42-33)6-4-13-48-2)35(45-18-23-8-9-24(19-45)41-23)44-36(43-34)49-20-37-11-5-12-46(37)17-22(38)16-37/h1,7,10,14-15,22-24,41,47H,5,8-9,11-13,16-20H2,2H3/t22-,23?,24?,37+/m1/s1. The maximum Gasteiger partial charge on any atom is 0.319 e. The molecule has 12 heteroatoms. The van der Waals surface area contributed by atoms with Gasteiger partial charge in [0.25, 0.3) is 0 Å². The summed E-state index contributed by atoms with van der Waals surface area (Å²) in [5, 5.41) is 15.2. The minimum absolute atomic E-state index is 0.0418. The number of alkyl halides is 1. The number of methoxy groups -OCH3 is 1. The molecule has 0 amide bonds. The summed E-state index contributed by atoms with van der Waals surface area (Å²) in [7, 11) is 1.51. The summed E-state index contributed by atoms with van der Waals surface area (Å²) in [4.78, 5) is 18.5. The molecule has 8 rings (SSSR count). The number of hydrogen-bond acceptors (Lipinski definition) is 9. The molecule has 6 heterocycles. The predicted molar refractivity (Wildman–Crippen MR) is 179 cm³/mol. The van der Waals surface area contributed by atoms with Crippen molar-refractivity contribution < 1.29 is 27.8 Å². The van der Waals surface area contributed by atoms with Crippen molar-refractivity contribution in [2.75, 3.05) is 51.4 Å². The van der Waals surface area contributed by atoms with Crippen LogP contribution in [0.3, 0.4) is 0 Å². The van der Waals surface area contributed by atoms with Crippen LogP contribution in [0.25, 0.3) is 32.9 Å². The zero-order valence-electron chi connectivity index (χ0n) is 27.0. The van der Waals surface area contributed by atoms with Crippen molar-refractivity contribution >= 4 is 27.5 Å². The van der Waals surface area contributed by atoms with Gasteiger partial charge in [-0.2, -0.15) is 9.97 Å². The highest BCUT2D eigenvalue weighted by Crippen LogP contribution is 2.42. The molecule has 49 heavy (non-hydrogen) atoms.